The summed E-state index contributed by atoms with van der Waals surface area (Å²) in [6.45, 7) is 11.1. The van der Waals surface area contributed by atoms with Crippen LogP contribution >= 0.6 is 12.2 Å². The third-order valence-corrected chi connectivity index (χ3v) is 4.82. The van der Waals surface area contributed by atoms with Crippen LogP contribution in [0.25, 0.3) is 0 Å². The number of aryl methyl sites for hydroxylation is 1. The number of nitriles is 1. The molecule has 1 amide bonds. The van der Waals surface area contributed by atoms with Gasteiger partial charge in [0, 0.05) is 11.6 Å². The van der Waals surface area contributed by atoms with Crippen molar-refractivity contribution < 1.29 is 19.1 Å². The number of benzene rings is 1. The lowest BCUT2D eigenvalue weighted by molar-refractivity contribution is -0.162. The Kier molecular flexibility index (Phi) is 7.73. The summed E-state index contributed by atoms with van der Waals surface area (Å²) in [7, 11) is 1.52. The number of rotatable bonds is 4. The average molecular weight is 461 g/mol. The molecule has 1 atom stereocenters. The number of ether oxygens (including phenoxy) is 2. The maximum atomic E-state index is 13.2. The third-order valence-electron chi connectivity index (χ3n) is 4.61. The van der Waals surface area contributed by atoms with Gasteiger partial charge in [0.15, 0.2) is 5.11 Å². The zero-order chi connectivity index (χ0) is 24.3. The van der Waals surface area contributed by atoms with Crippen molar-refractivity contribution in [3.63, 3.8) is 0 Å². The molecule has 0 fully saturated rings. The molecule has 0 saturated carbocycles. The van der Waals surface area contributed by atoms with Crippen molar-refractivity contribution in [2.24, 2.45) is 5.92 Å². The van der Waals surface area contributed by atoms with Crippen LogP contribution in [0, 0.1) is 17.2 Å². The van der Waals surface area contributed by atoms with Gasteiger partial charge in [-0.15, -0.1) is 0 Å². The Balaban J connectivity index is 2.44. The Bertz CT molecular complexity index is 941. The van der Waals surface area contributed by atoms with Crippen LogP contribution in [0.2, 0.25) is 0 Å². The lowest BCUT2D eigenvalue weighted by Gasteiger charge is -2.26. The summed E-state index contributed by atoms with van der Waals surface area (Å²) in [5.74, 6) is -1.55. The molecule has 1 aliphatic heterocycles. The number of thiocarbonyl (C=S) groups is 1. The van der Waals surface area contributed by atoms with Crippen LogP contribution in [0.15, 0.2) is 12.1 Å². The molecule has 1 aliphatic rings. The molecule has 1 aromatic rings. The molecule has 0 spiro atoms. The molecule has 9 heteroatoms. The Labute approximate surface area is 195 Å². The normalized spacial score (nSPS) is 16.4. The van der Waals surface area contributed by atoms with Crippen LogP contribution < -0.4 is 20.3 Å². The molecule has 0 aromatic heterocycles. The van der Waals surface area contributed by atoms with Crippen LogP contribution in [-0.4, -0.2) is 41.8 Å². The molecule has 2 rings (SSSR count). The van der Waals surface area contributed by atoms with Gasteiger partial charge in [0.1, 0.15) is 23.8 Å². The second-order valence-corrected chi connectivity index (χ2v) is 10.1. The van der Waals surface area contributed by atoms with Crippen molar-refractivity contribution in [3.8, 4) is 11.8 Å². The molecule has 1 unspecified atom stereocenters. The first-order valence-electron chi connectivity index (χ1n) is 10.5. The molecule has 8 nitrogen and oxygen atoms in total. The second kappa shape index (κ2) is 9.74. The van der Waals surface area contributed by atoms with E-state index in [1.165, 1.54) is 12.0 Å². The van der Waals surface area contributed by atoms with E-state index in [9.17, 15) is 14.9 Å². The van der Waals surface area contributed by atoms with Crippen molar-refractivity contribution >= 4 is 40.6 Å². The number of fused-ring (bicyclic) bond motifs is 1. The Morgan fingerprint density at radius 1 is 1.28 bits per heavy atom. The van der Waals surface area contributed by atoms with Gasteiger partial charge in [0.05, 0.1) is 24.6 Å². The predicted molar refractivity (Wildman–Crippen MR) is 128 cm³/mol. The highest BCUT2D eigenvalue weighted by atomic mass is 32.1. The van der Waals surface area contributed by atoms with Gasteiger partial charge in [-0.05, 0) is 78.2 Å². The van der Waals surface area contributed by atoms with Crippen LogP contribution in [0.5, 0.6) is 5.75 Å². The highest BCUT2D eigenvalue weighted by Crippen LogP contribution is 2.38. The van der Waals surface area contributed by atoms with E-state index >= 15 is 0 Å². The minimum Gasteiger partial charge on any atom is -0.494 e. The first-order chi connectivity index (χ1) is 14.8. The summed E-state index contributed by atoms with van der Waals surface area (Å²) in [6.07, 6.45) is 0.726. The molecule has 0 bridgehead atoms. The van der Waals surface area contributed by atoms with E-state index in [4.69, 9.17) is 21.7 Å². The third kappa shape index (κ3) is 6.57. The summed E-state index contributed by atoms with van der Waals surface area (Å²) in [6, 6.07) is 5.57. The van der Waals surface area contributed by atoms with Crippen LogP contribution in [0.4, 0.5) is 11.4 Å². The largest absolute Gasteiger partial charge is 0.494 e. The van der Waals surface area contributed by atoms with E-state index in [0.29, 0.717) is 28.7 Å². The molecule has 174 valence electrons. The Morgan fingerprint density at radius 2 is 1.94 bits per heavy atom. The van der Waals surface area contributed by atoms with E-state index in [0.717, 1.165) is 5.56 Å². The summed E-state index contributed by atoms with van der Waals surface area (Å²) < 4.78 is 11.0. The SMILES string of the molecule is COc1cc2c(cc1NC(=S)NC(C)(C)C)CCC(C(=O)OC(C)(C)C)C(=O)N2CC#N. The maximum Gasteiger partial charge on any atom is 0.319 e. The van der Waals surface area contributed by atoms with Crippen molar-refractivity contribution in [2.75, 3.05) is 23.9 Å². The number of methoxy groups -OCH3 is 1. The van der Waals surface area contributed by atoms with Crippen LogP contribution in [0.1, 0.15) is 53.5 Å². The monoisotopic (exact) mass is 460 g/mol. The molecule has 0 radical (unpaired) electrons. The first kappa shape index (κ1) is 25.4. The Morgan fingerprint density at radius 3 is 2.47 bits per heavy atom. The van der Waals surface area contributed by atoms with E-state index in [1.807, 2.05) is 32.9 Å². The van der Waals surface area contributed by atoms with Crippen molar-refractivity contribution in [1.29, 1.82) is 5.26 Å². The van der Waals surface area contributed by atoms with Gasteiger partial charge in [0.25, 0.3) is 0 Å². The fraction of sp³-hybridized carbons (Fsp3) is 0.565. The van der Waals surface area contributed by atoms with Gasteiger partial charge in [-0.1, -0.05) is 0 Å². The predicted octanol–water partition coefficient (Wildman–Crippen LogP) is 3.54. The van der Waals surface area contributed by atoms with E-state index in [1.54, 1.807) is 26.8 Å². The summed E-state index contributed by atoms with van der Waals surface area (Å²) in [4.78, 5) is 27.3. The van der Waals surface area contributed by atoms with Crippen molar-refractivity contribution in [3.05, 3.63) is 17.7 Å². The topological polar surface area (TPSA) is 104 Å². The molecule has 32 heavy (non-hydrogen) atoms. The zero-order valence-corrected chi connectivity index (χ0v) is 20.6. The summed E-state index contributed by atoms with van der Waals surface area (Å²) >= 11 is 5.41. The van der Waals surface area contributed by atoms with Gasteiger partial charge >= 0.3 is 5.97 Å². The molecular weight excluding hydrogens is 428 g/mol. The van der Waals surface area contributed by atoms with Gasteiger partial charge in [0.2, 0.25) is 5.91 Å². The van der Waals surface area contributed by atoms with E-state index < -0.39 is 23.4 Å². The first-order valence-corrected chi connectivity index (χ1v) is 10.9. The van der Waals surface area contributed by atoms with Gasteiger partial charge < -0.3 is 20.1 Å². The smallest absolute Gasteiger partial charge is 0.319 e. The number of anilines is 2. The van der Waals surface area contributed by atoms with E-state index in [-0.39, 0.29) is 18.5 Å². The van der Waals surface area contributed by atoms with Gasteiger partial charge in [-0.25, -0.2) is 0 Å². The molecule has 1 aromatic carbocycles. The highest BCUT2D eigenvalue weighted by molar-refractivity contribution is 7.80. The zero-order valence-electron chi connectivity index (χ0n) is 19.8. The number of hydrogen-bond acceptors (Lipinski definition) is 6. The van der Waals surface area contributed by atoms with Crippen molar-refractivity contribution in [1.82, 2.24) is 5.32 Å². The Hall–Kier alpha value is -2.86. The minimum atomic E-state index is -0.985. The average Bonchev–Trinajstić information content (AvgIpc) is 2.75. The van der Waals surface area contributed by atoms with E-state index in [2.05, 4.69) is 10.6 Å². The van der Waals surface area contributed by atoms with Crippen LogP contribution in [-0.2, 0) is 20.7 Å². The number of carbonyl (C=O) groups is 2. The highest BCUT2D eigenvalue weighted by Gasteiger charge is 2.38. The quantitative estimate of drug-likeness (QED) is 0.304. The lowest BCUT2D eigenvalue weighted by Crippen LogP contribution is -2.43. The fourth-order valence-corrected chi connectivity index (χ4v) is 3.80. The maximum absolute atomic E-state index is 13.2. The molecule has 0 saturated heterocycles. The molecule has 2 N–H and O–H groups in total. The van der Waals surface area contributed by atoms with Crippen LogP contribution in [0.3, 0.4) is 0 Å². The molecular formula is C23H32N4O4S. The van der Waals surface area contributed by atoms with Crippen molar-refractivity contribution in [2.45, 2.75) is 65.5 Å². The summed E-state index contributed by atoms with van der Waals surface area (Å²) in [5, 5.41) is 16.1. The lowest BCUT2D eigenvalue weighted by atomic mass is 9.99. The summed E-state index contributed by atoms with van der Waals surface area (Å²) in [5.41, 5.74) is 1.04. The minimum absolute atomic E-state index is 0.189. The molecule has 1 heterocycles. The van der Waals surface area contributed by atoms with Gasteiger partial charge in [-0.3, -0.25) is 14.5 Å². The standard InChI is InChI=1S/C23H32N4O4S/c1-22(2,3)26-21(32)25-16-12-14-8-9-15(20(29)31-23(4,5)6)19(28)27(11-10-24)17(14)13-18(16)30-7/h12-13,15H,8-9,11H2,1-7H3,(H2,25,26,32). The number of nitrogens with zero attached hydrogens (tertiary/aromatic N) is 2. The van der Waals surface area contributed by atoms with Gasteiger partial charge in [-0.2, -0.15) is 5.26 Å². The number of carbonyl (C=O) groups excluding carboxylic acids is 2. The second-order valence-electron chi connectivity index (χ2n) is 9.72. The number of hydrogen-bond donors (Lipinski definition) is 2. The molecule has 0 aliphatic carbocycles. The fourth-order valence-electron chi connectivity index (χ4n) is 3.38. The number of amides is 1. The number of nitrogens with one attached hydrogen (secondary N) is 2. The number of esters is 1.